The monoisotopic (exact) mass is 431 g/mol. The summed E-state index contributed by atoms with van der Waals surface area (Å²) in [4.78, 5) is 25.3. The Balaban J connectivity index is 1.92. The predicted molar refractivity (Wildman–Crippen MR) is 118 cm³/mol. The first-order valence-electron chi connectivity index (χ1n) is 10.5. The summed E-state index contributed by atoms with van der Waals surface area (Å²) in [6.45, 7) is 7.97. The molecule has 1 fully saturated rings. The largest absolute Gasteiger partial charge is 0.481 e. The van der Waals surface area contributed by atoms with E-state index in [2.05, 4.69) is 32.9 Å². The molecule has 1 amide bonds. The van der Waals surface area contributed by atoms with Crippen molar-refractivity contribution in [1.82, 2.24) is 4.90 Å². The zero-order chi connectivity index (χ0) is 21.9. The minimum atomic E-state index is -0.906. The SMILES string of the molecule is CC(C)C1=CN(CCC(=O)O)C(=O)C[C@@]1(C)c1ccc(C=C2CCOCC2)c(Cl)c1. The summed E-state index contributed by atoms with van der Waals surface area (Å²) in [7, 11) is 0. The maximum absolute atomic E-state index is 12.8. The third-order valence-corrected chi connectivity index (χ3v) is 6.41. The fourth-order valence-electron chi connectivity index (χ4n) is 4.33. The van der Waals surface area contributed by atoms with Gasteiger partial charge in [-0.15, -0.1) is 0 Å². The van der Waals surface area contributed by atoms with Gasteiger partial charge in [-0.3, -0.25) is 9.59 Å². The lowest BCUT2D eigenvalue weighted by Crippen LogP contribution is -2.42. The first-order valence-corrected chi connectivity index (χ1v) is 10.9. The molecule has 0 bridgehead atoms. The lowest BCUT2D eigenvalue weighted by atomic mass is 9.68. The van der Waals surface area contributed by atoms with Crippen LogP contribution >= 0.6 is 11.6 Å². The van der Waals surface area contributed by atoms with Gasteiger partial charge in [0.1, 0.15) is 0 Å². The van der Waals surface area contributed by atoms with Gasteiger partial charge >= 0.3 is 5.97 Å². The van der Waals surface area contributed by atoms with Gasteiger partial charge < -0.3 is 14.7 Å². The lowest BCUT2D eigenvalue weighted by molar-refractivity contribution is -0.138. The van der Waals surface area contributed by atoms with Crippen LogP contribution < -0.4 is 0 Å². The van der Waals surface area contributed by atoms with E-state index in [1.807, 2.05) is 18.3 Å². The third-order valence-electron chi connectivity index (χ3n) is 6.08. The topological polar surface area (TPSA) is 66.8 Å². The van der Waals surface area contributed by atoms with Crippen molar-refractivity contribution >= 4 is 29.6 Å². The Kier molecular flexibility index (Phi) is 7.04. The van der Waals surface area contributed by atoms with Crippen LogP contribution in [0.4, 0.5) is 0 Å². The Morgan fingerprint density at radius 2 is 2.03 bits per heavy atom. The number of rotatable bonds is 6. The van der Waals surface area contributed by atoms with Crippen LogP contribution in [-0.2, 0) is 19.7 Å². The van der Waals surface area contributed by atoms with E-state index in [0.29, 0.717) is 11.4 Å². The molecule has 5 nitrogen and oxygen atoms in total. The lowest BCUT2D eigenvalue weighted by Gasteiger charge is -2.41. The fraction of sp³-hybridized carbons (Fsp3) is 0.500. The quantitative estimate of drug-likeness (QED) is 0.685. The van der Waals surface area contributed by atoms with E-state index in [4.69, 9.17) is 21.4 Å². The molecule has 30 heavy (non-hydrogen) atoms. The van der Waals surface area contributed by atoms with E-state index in [-0.39, 0.29) is 24.8 Å². The summed E-state index contributed by atoms with van der Waals surface area (Å²) in [6.07, 6.45) is 6.09. The van der Waals surface area contributed by atoms with Crippen molar-refractivity contribution in [3.8, 4) is 0 Å². The molecule has 0 spiro atoms. The number of ether oxygens (including phenoxy) is 1. The number of benzene rings is 1. The van der Waals surface area contributed by atoms with E-state index in [1.54, 1.807) is 4.90 Å². The zero-order valence-electron chi connectivity index (χ0n) is 17.9. The second-order valence-corrected chi connectivity index (χ2v) is 9.04. The van der Waals surface area contributed by atoms with E-state index < -0.39 is 11.4 Å². The van der Waals surface area contributed by atoms with Gasteiger partial charge in [0.15, 0.2) is 0 Å². The average molecular weight is 432 g/mol. The van der Waals surface area contributed by atoms with Gasteiger partial charge in [0.25, 0.3) is 0 Å². The second-order valence-electron chi connectivity index (χ2n) is 8.63. The number of carboxylic acids is 1. The van der Waals surface area contributed by atoms with Gasteiger partial charge in [-0.25, -0.2) is 0 Å². The van der Waals surface area contributed by atoms with E-state index in [1.165, 1.54) is 5.57 Å². The molecule has 2 heterocycles. The molecule has 0 unspecified atom stereocenters. The molecule has 0 aliphatic carbocycles. The molecule has 3 rings (SSSR count). The summed E-state index contributed by atoms with van der Waals surface area (Å²) in [5, 5.41) is 9.65. The molecule has 162 valence electrons. The zero-order valence-corrected chi connectivity index (χ0v) is 18.7. The van der Waals surface area contributed by atoms with Gasteiger partial charge in [0.2, 0.25) is 5.91 Å². The Labute approximate surface area is 183 Å². The first kappa shape index (κ1) is 22.6. The highest BCUT2D eigenvalue weighted by Crippen LogP contribution is 2.43. The van der Waals surface area contributed by atoms with Crippen molar-refractivity contribution in [3.63, 3.8) is 0 Å². The number of carbonyl (C=O) groups excluding carboxylic acids is 1. The van der Waals surface area contributed by atoms with Crippen LogP contribution in [0.2, 0.25) is 5.02 Å². The Morgan fingerprint density at radius 3 is 2.63 bits per heavy atom. The molecule has 1 N–H and O–H groups in total. The molecule has 0 radical (unpaired) electrons. The van der Waals surface area contributed by atoms with Crippen molar-refractivity contribution in [2.24, 2.45) is 5.92 Å². The normalized spacial score (nSPS) is 22.3. The molecule has 2 aliphatic rings. The van der Waals surface area contributed by atoms with Crippen LogP contribution in [0.1, 0.15) is 57.6 Å². The summed E-state index contributed by atoms with van der Waals surface area (Å²) >= 11 is 6.65. The molecule has 1 saturated heterocycles. The van der Waals surface area contributed by atoms with Crippen LogP contribution in [0.3, 0.4) is 0 Å². The minimum absolute atomic E-state index is 0.0623. The molecular formula is C24H30ClNO4. The van der Waals surface area contributed by atoms with Crippen LogP contribution in [0.25, 0.3) is 6.08 Å². The summed E-state index contributed by atoms with van der Waals surface area (Å²) in [5.74, 6) is -0.762. The standard InChI is InChI=1S/C24H30ClNO4/c1-16(2)20-15-26(9-6-23(28)29)22(27)14-24(20,3)19-5-4-18(21(25)13-19)12-17-7-10-30-11-8-17/h4-5,12-13,15-16H,6-11,14H2,1-3H3,(H,28,29)/t24-/m0/s1. The fourth-order valence-corrected chi connectivity index (χ4v) is 4.57. The number of aliphatic carboxylic acids is 1. The number of nitrogens with zero attached hydrogens (tertiary/aromatic N) is 1. The van der Waals surface area contributed by atoms with Crippen LogP contribution in [0.5, 0.6) is 0 Å². The number of hydrogen-bond donors (Lipinski definition) is 1. The van der Waals surface area contributed by atoms with Crippen molar-refractivity contribution in [2.45, 2.75) is 51.9 Å². The first-order chi connectivity index (χ1) is 14.2. The van der Waals surface area contributed by atoms with Crippen molar-refractivity contribution in [1.29, 1.82) is 0 Å². The van der Waals surface area contributed by atoms with Gasteiger partial charge in [-0.05, 0) is 41.5 Å². The molecule has 1 atom stereocenters. The summed E-state index contributed by atoms with van der Waals surface area (Å²) < 4.78 is 5.41. The van der Waals surface area contributed by atoms with E-state index in [9.17, 15) is 9.59 Å². The molecule has 6 heteroatoms. The average Bonchev–Trinajstić information content (AvgIpc) is 2.69. The molecule has 1 aromatic carbocycles. The Bertz CT molecular complexity index is 881. The van der Waals surface area contributed by atoms with Crippen LogP contribution in [0, 0.1) is 5.92 Å². The van der Waals surface area contributed by atoms with Gasteiger partial charge in [0, 0.05) is 29.6 Å². The van der Waals surface area contributed by atoms with E-state index in [0.717, 1.165) is 42.8 Å². The smallest absolute Gasteiger partial charge is 0.305 e. The number of halogens is 1. The highest BCUT2D eigenvalue weighted by atomic mass is 35.5. The predicted octanol–water partition coefficient (Wildman–Crippen LogP) is 5.04. The minimum Gasteiger partial charge on any atom is -0.481 e. The molecule has 0 aromatic heterocycles. The van der Waals surface area contributed by atoms with Crippen molar-refractivity contribution in [3.05, 3.63) is 51.7 Å². The molecule has 1 aromatic rings. The van der Waals surface area contributed by atoms with E-state index >= 15 is 0 Å². The number of allylic oxidation sites excluding steroid dienone is 1. The molecule has 2 aliphatic heterocycles. The summed E-state index contributed by atoms with van der Waals surface area (Å²) in [5.41, 5.74) is 3.97. The maximum Gasteiger partial charge on any atom is 0.305 e. The maximum atomic E-state index is 12.8. The highest BCUT2D eigenvalue weighted by molar-refractivity contribution is 6.32. The Hall–Kier alpha value is -2.11. The van der Waals surface area contributed by atoms with Crippen LogP contribution in [-0.4, -0.2) is 41.6 Å². The number of hydrogen-bond acceptors (Lipinski definition) is 3. The Morgan fingerprint density at radius 1 is 1.33 bits per heavy atom. The highest BCUT2D eigenvalue weighted by Gasteiger charge is 2.40. The van der Waals surface area contributed by atoms with Crippen molar-refractivity contribution in [2.75, 3.05) is 19.8 Å². The number of carbonyl (C=O) groups is 2. The van der Waals surface area contributed by atoms with Gasteiger partial charge in [-0.2, -0.15) is 0 Å². The van der Waals surface area contributed by atoms with Crippen LogP contribution in [0.15, 0.2) is 35.5 Å². The second kappa shape index (κ2) is 9.36. The van der Waals surface area contributed by atoms with Crippen molar-refractivity contribution < 1.29 is 19.4 Å². The molecule has 0 saturated carbocycles. The van der Waals surface area contributed by atoms with Gasteiger partial charge in [-0.1, -0.05) is 56.2 Å². The third kappa shape index (κ3) is 4.96. The number of amides is 1. The molecular weight excluding hydrogens is 402 g/mol. The van der Waals surface area contributed by atoms with Gasteiger partial charge in [0.05, 0.1) is 19.6 Å². The number of carboxylic acid groups (broad SMARTS) is 1. The summed E-state index contributed by atoms with van der Waals surface area (Å²) in [6, 6.07) is 6.07.